The summed E-state index contributed by atoms with van der Waals surface area (Å²) in [6.45, 7) is 6.74. The van der Waals surface area contributed by atoms with Crippen LogP contribution in [0.2, 0.25) is 0 Å². The maximum absolute atomic E-state index is 10.7. The topological polar surface area (TPSA) is 55.1 Å². The molecule has 0 fully saturated rings. The Morgan fingerprint density at radius 2 is 2.17 bits per heavy atom. The third kappa shape index (κ3) is 3.61. The highest BCUT2D eigenvalue weighted by Crippen LogP contribution is 1.99. The van der Waals surface area contributed by atoms with Crippen molar-refractivity contribution in [2.45, 2.75) is 13.8 Å². The van der Waals surface area contributed by atoms with Gasteiger partial charge in [0.1, 0.15) is 0 Å². The van der Waals surface area contributed by atoms with Crippen LogP contribution in [0, 0.1) is 0 Å². The van der Waals surface area contributed by atoms with E-state index in [-0.39, 0.29) is 5.91 Å². The first-order valence-electron chi connectivity index (χ1n) is 3.64. The van der Waals surface area contributed by atoms with Gasteiger partial charge in [-0.2, -0.15) is 0 Å². The number of amides is 1. The third-order valence-electron chi connectivity index (χ3n) is 1.22. The van der Waals surface area contributed by atoms with Gasteiger partial charge in [-0.15, -0.1) is 0 Å². The van der Waals surface area contributed by atoms with E-state index in [0.29, 0.717) is 11.4 Å². The molecule has 0 bridgehead atoms. The van der Waals surface area contributed by atoms with Gasteiger partial charge in [0.2, 0.25) is 5.91 Å². The summed E-state index contributed by atoms with van der Waals surface area (Å²) < 4.78 is 0. The number of hydrogen-bond donors (Lipinski definition) is 2. The maximum atomic E-state index is 10.7. The first-order chi connectivity index (χ1) is 5.61. The van der Waals surface area contributed by atoms with Gasteiger partial charge >= 0.3 is 0 Å². The molecular formula is C9H14N2O. The molecule has 0 aliphatic heterocycles. The molecule has 12 heavy (non-hydrogen) atoms. The predicted octanol–water partition coefficient (Wildman–Crippen LogP) is 1.05. The van der Waals surface area contributed by atoms with Crippen molar-refractivity contribution in [2.75, 3.05) is 0 Å². The molecule has 0 saturated heterocycles. The molecule has 66 valence electrons. The average Bonchev–Trinajstić information content (AvgIpc) is 2.01. The highest BCUT2D eigenvalue weighted by Gasteiger charge is 1.99. The molecule has 0 atom stereocenters. The minimum Gasteiger partial charge on any atom is -0.397 e. The molecule has 0 unspecified atom stereocenters. The molecule has 1 amide bonds. The highest BCUT2D eigenvalue weighted by molar-refractivity contribution is 5.76. The zero-order valence-electron chi connectivity index (χ0n) is 7.42. The van der Waals surface area contributed by atoms with Crippen LogP contribution in [0.3, 0.4) is 0 Å². The lowest BCUT2D eigenvalue weighted by Crippen LogP contribution is -2.23. The summed E-state index contributed by atoms with van der Waals surface area (Å²) >= 11 is 0. The van der Waals surface area contributed by atoms with Gasteiger partial charge in [-0.25, -0.2) is 0 Å². The fourth-order valence-electron chi connectivity index (χ4n) is 0.673. The fraction of sp³-hybridized carbons (Fsp3) is 0.222. The molecule has 3 heteroatoms. The van der Waals surface area contributed by atoms with Gasteiger partial charge in [0.25, 0.3) is 0 Å². The molecule has 3 N–H and O–H groups in total. The van der Waals surface area contributed by atoms with Crippen molar-refractivity contribution in [3.05, 3.63) is 36.2 Å². The Balaban J connectivity index is 4.56. The number of hydrogen-bond acceptors (Lipinski definition) is 2. The minimum atomic E-state index is -0.145. The molecule has 0 aliphatic rings. The Morgan fingerprint density at radius 3 is 2.50 bits per heavy atom. The van der Waals surface area contributed by atoms with Crippen LogP contribution in [-0.4, -0.2) is 5.91 Å². The Kier molecular flexibility index (Phi) is 4.53. The smallest absolute Gasteiger partial charge is 0.221 e. The van der Waals surface area contributed by atoms with Gasteiger partial charge in [-0.1, -0.05) is 18.7 Å². The van der Waals surface area contributed by atoms with Crippen molar-refractivity contribution < 1.29 is 4.79 Å². The van der Waals surface area contributed by atoms with Crippen molar-refractivity contribution in [3.63, 3.8) is 0 Å². The number of carbonyl (C=O) groups is 1. The van der Waals surface area contributed by atoms with Gasteiger partial charge < -0.3 is 11.1 Å². The summed E-state index contributed by atoms with van der Waals surface area (Å²) in [7, 11) is 0. The Labute approximate surface area is 72.6 Å². The number of nitrogens with two attached hydrogens (primary N) is 1. The zero-order chi connectivity index (χ0) is 9.56. The van der Waals surface area contributed by atoms with Crippen molar-refractivity contribution in [1.82, 2.24) is 5.32 Å². The van der Waals surface area contributed by atoms with Crippen LogP contribution >= 0.6 is 0 Å². The second-order valence-corrected chi connectivity index (χ2v) is 2.24. The molecule has 0 aromatic heterocycles. The van der Waals surface area contributed by atoms with E-state index in [1.807, 2.05) is 0 Å². The maximum Gasteiger partial charge on any atom is 0.221 e. The van der Waals surface area contributed by atoms with Crippen molar-refractivity contribution in [2.24, 2.45) is 5.73 Å². The number of nitrogens with one attached hydrogen (secondary N) is 1. The van der Waals surface area contributed by atoms with E-state index >= 15 is 0 Å². The van der Waals surface area contributed by atoms with E-state index in [0.717, 1.165) is 0 Å². The van der Waals surface area contributed by atoms with Crippen LogP contribution in [0.4, 0.5) is 0 Å². The second-order valence-electron chi connectivity index (χ2n) is 2.24. The summed E-state index contributed by atoms with van der Waals surface area (Å²) in [5, 5.41) is 2.59. The van der Waals surface area contributed by atoms with Gasteiger partial charge in [0.15, 0.2) is 0 Å². The average molecular weight is 166 g/mol. The summed E-state index contributed by atoms with van der Waals surface area (Å²) in [6.07, 6.45) is 4.93. The fourth-order valence-corrected chi connectivity index (χ4v) is 0.673. The van der Waals surface area contributed by atoms with Crippen molar-refractivity contribution in [1.29, 1.82) is 0 Å². The zero-order valence-corrected chi connectivity index (χ0v) is 7.42. The molecule has 0 rings (SSSR count). The normalized spacial score (nSPS) is 12.5. The molecule has 0 radical (unpaired) electrons. The minimum absolute atomic E-state index is 0.145. The van der Waals surface area contributed by atoms with E-state index in [1.165, 1.54) is 6.92 Å². The Morgan fingerprint density at radius 1 is 1.58 bits per heavy atom. The van der Waals surface area contributed by atoms with E-state index in [2.05, 4.69) is 11.9 Å². The Bertz CT molecular complexity index is 239. The third-order valence-corrected chi connectivity index (χ3v) is 1.22. The first kappa shape index (κ1) is 10.5. The Hall–Kier alpha value is -1.51. The summed E-state index contributed by atoms with van der Waals surface area (Å²) in [4.78, 5) is 10.7. The molecule has 0 aromatic carbocycles. The molecular weight excluding hydrogens is 152 g/mol. The van der Waals surface area contributed by atoms with Crippen LogP contribution in [0.25, 0.3) is 0 Å². The second kappa shape index (κ2) is 5.18. The lowest BCUT2D eigenvalue weighted by molar-refractivity contribution is -0.118. The lowest BCUT2D eigenvalue weighted by atomic mass is 10.3. The highest BCUT2D eigenvalue weighted by atomic mass is 16.1. The monoisotopic (exact) mass is 166 g/mol. The van der Waals surface area contributed by atoms with Gasteiger partial charge in [0, 0.05) is 6.92 Å². The largest absolute Gasteiger partial charge is 0.397 e. The van der Waals surface area contributed by atoms with E-state index in [4.69, 9.17) is 5.73 Å². The summed E-state index contributed by atoms with van der Waals surface area (Å²) in [5.41, 5.74) is 6.70. The number of rotatable bonds is 3. The molecule has 0 aliphatic carbocycles. The molecule has 0 heterocycles. The van der Waals surface area contributed by atoms with Crippen molar-refractivity contribution in [3.8, 4) is 0 Å². The van der Waals surface area contributed by atoms with E-state index in [9.17, 15) is 4.79 Å². The lowest BCUT2D eigenvalue weighted by Gasteiger charge is -2.06. The van der Waals surface area contributed by atoms with E-state index < -0.39 is 0 Å². The quantitative estimate of drug-likeness (QED) is 0.616. The first-order valence-corrected chi connectivity index (χ1v) is 3.64. The van der Waals surface area contributed by atoms with Gasteiger partial charge in [-0.3, -0.25) is 4.79 Å². The van der Waals surface area contributed by atoms with Crippen LogP contribution in [0.1, 0.15) is 13.8 Å². The summed E-state index contributed by atoms with van der Waals surface area (Å²) in [5.74, 6) is -0.145. The van der Waals surface area contributed by atoms with Crippen molar-refractivity contribution >= 4 is 5.91 Å². The van der Waals surface area contributed by atoms with Gasteiger partial charge in [-0.05, 0) is 13.0 Å². The van der Waals surface area contributed by atoms with Crippen LogP contribution in [0.5, 0.6) is 0 Å². The van der Waals surface area contributed by atoms with Crippen LogP contribution in [0.15, 0.2) is 36.2 Å². The van der Waals surface area contributed by atoms with Gasteiger partial charge in [0.05, 0.1) is 11.4 Å². The summed E-state index contributed by atoms with van der Waals surface area (Å²) in [6, 6.07) is 0. The van der Waals surface area contributed by atoms with Crippen LogP contribution < -0.4 is 11.1 Å². The van der Waals surface area contributed by atoms with Crippen LogP contribution in [-0.2, 0) is 4.79 Å². The number of carbonyl (C=O) groups excluding carboxylic acids is 1. The number of allylic oxidation sites excluding steroid dienone is 3. The molecule has 0 aromatic rings. The predicted molar refractivity (Wildman–Crippen MR) is 50.0 cm³/mol. The standard InChI is InChI=1S/C9H14N2O/c1-4-6-9(8(10)5-2)11-7(3)12/h4-6H,1,10H2,2-3H3,(H,11,12)/b8-5+,9-6+. The van der Waals surface area contributed by atoms with E-state index in [1.54, 1.807) is 25.2 Å². The molecule has 3 nitrogen and oxygen atoms in total. The molecule has 0 spiro atoms. The SMILES string of the molecule is C=C/C=C(NC(C)=O)\C(N)=C/C. The molecule has 0 saturated carbocycles.